The van der Waals surface area contributed by atoms with Gasteiger partial charge in [0.2, 0.25) is 0 Å². The molecule has 1 aliphatic rings. The van der Waals surface area contributed by atoms with Gasteiger partial charge in [-0.15, -0.1) is 0 Å². The third-order valence-corrected chi connectivity index (χ3v) is 8.73. The predicted octanol–water partition coefficient (Wildman–Crippen LogP) is 5.92. The largest absolute Gasteiger partial charge is 0.376 e. The van der Waals surface area contributed by atoms with Crippen molar-refractivity contribution in [3.05, 3.63) is 76.3 Å². The van der Waals surface area contributed by atoms with Crippen LogP contribution in [0.25, 0.3) is 21.9 Å². The number of fused-ring (bicyclic) bond motifs is 3. The number of aromatic nitrogens is 3. The number of nitrogens with one attached hydrogen (secondary N) is 1. The number of ether oxygens (including phenoxy) is 1. The van der Waals surface area contributed by atoms with E-state index in [0.717, 1.165) is 54.4 Å². The molecule has 1 aromatic carbocycles. The summed E-state index contributed by atoms with van der Waals surface area (Å²) in [5.41, 5.74) is 4.06. The molecule has 4 aromatic rings. The minimum absolute atomic E-state index is 0.0149. The maximum Gasteiger partial charge on any atom is 0.191 e. The minimum Gasteiger partial charge on any atom is -0.376 e. The number of nitrogens with zero attached hydrogens (tertiary/aromatic N) is 3. The van der Waals surface area contributed by atoms with Crippen molar-refractivity contribution < 1.29 is 4.74 Å². The molecule has 35 heavy (non-hydrogen) atoms. The van der Waals surface area contributed by atoms with Crippen molar-refractivity contribution in [1.29, 1.82) is 0 Å². The molecule has 0 bridgehead atoms. The van der Waals surface area contributed by atoms with Gasteiger partial charge < -0.3 is 14.3 Å². The number of H-pyrrole nitrogens is 1. The van der Waals surface area contributed by atoms with Gasteiger partial charge in [0, 0.05) is 57.3 Å². The van der Waals surface area contributed by atoms with Crippen LogP contribution in [-0.2, 0) is 17.9 Å². The molecule has 7 heteroatoms. The Kier molecular flexibility index (Phi) is 6.91. The van der Waals surface area contributed by atoms with Crippen LogP contribution in [-0.4, -0.2) is 40.7 Å². The number of hydrogen-bond donors (Lipinski definition) is 1. The Balaban J connectivity index is 1.61. The fourth-order valence-corrected chi connectivity index (χ4v) is 5.91. The first kappa shape index (κ1) is 24.0. The molecule has 1 fully saturated rings. The maximum atomic E-state index is 13.2. The molecule has 5 rings (SSSR count). The Hall–Kier alpha value is -2.74. The molecule has 6 nitrogen and oxygen atoms in total. The summed E-state index contributed by atoms with van der Waals surface area (Å²) in [6.07, 6.45) is 7.19. The lowest BCUT2D eigenvalue weighted by atomic mass is 10.0. The summed E-state index contributed by atoms with van der Waals surface area (Å²) in [7, 11) is -1.19. The highest BCUT2D eigenvalue weighted by Crippen LogP contribution is 2.34. The van der Waals surface area contributed by atoms with E-state index in [1.54, 1.807) is 12.3 Å². The first-order chi connectivity index (χ1) is 16.9. The van der Waals surface area contributed by atoms with Crippen LogP contribution in [0.2, 0.25) is 25.7 Å². The summed E-state index contributed by atoms with van der Waals surface area (Å²) < 4.78 is 8.61. The minimum atomic E-state index is -1.19. The highest BCUT2D eigenvalue weighted by atomic mass is 28.3. The summed E-state index contributed by atoms with van der Waals surface area (Å²) in [4.78, 5) is 23.6. The number of likely N-dealkylation sites (tertiary alicyclic amines) is 1. The van der Waals surface area contributed by atoms with Gasteiger partial charge in [0.15, 0.2) is 5.43 Å². The van der Waals surface area contributed by atoms with E-state index in [1.165, 1.54) is 18.4 Å². The number of hydrogen-bond acceptors (Lipinski definition) is 4. The highest BCUT2D eigenvalue weighted by Gasteiger charge is 2.28. The molecular weight excluding hydrogens is 452 g/mol. The third kappa shape index (κ3) is 5.27. The van der Waals surface area contributed by atoms with Crippen LogP contribution in [0.5, 0.6) is 0 Å². The number of piperidine rings is 1. The first-order valence-corrected chi connectivity index (χ1v) is 16.5. The second-order valence-electron chi connectivity index (χ2n) is 10.9. The van der Waals surface area contributed by atoms with Crippen molar-refractivity contribution in [3.63, 3.8) is 0 Å². The molecule has 0 aliphatic carbocycles. The van der Waals surface area contributed by atoms with Gasteiger partial charge in [0.1, 0.15) is 5.65 Å². The van der Waals surface area contributed by atoms with Crippen LogP contribution in [0.4, 0.5) is 0 Å². The van der Waals surface area contributed by atoms with Crippen molar-refractivity contribution in [1.82, 2.24) is 19.4 Å². The van der Waals surface area contributed by atoms with Crippen LogP contribution in [0.3, 0.4) is 0 Å². The average Bonchev–Trinajstić information content (AvgIpc) is 3.32. The number of rotatable bonds is 8. The fourth-order valence-electron chi connectivity index (χ4n) is 5.15. The normalized spacial score (nSPS) is 17.4. The zero-order chi connectivity index (χ0) is 24.4. The number of benzene rings is 1. The molecule has 1 aliphatic heterocycles. The van der Waals surface area contributed by atoms with E-state index in [-0.39, 0.29) is 11.6 Å². The van der Waals surface area contributed by atoms with Gasteiger partial charge in [-0.25, -0.2) is 4.98 Å². The number of pyridine rings is 2. The second-order valence-corrected chi connectivity index (χ2v) is 16.5. The van der Waals surface area contributed by atoms with Crippen LogP contribution >= 0.6 is 0 Å². The lowest BCUT2D eigenvalue weighted by molar-refractivity contribution is 0.0762. The Bertz CT molecular complexity index is 1360. The topological polar surface area (TPSA) is 63.1 Å². The van der Waals surface area contributed by atoms with Crippen molar-refractivity contribution in [2.45, 2.75) is 64.3 Å². The predicted molar refractivity (Wildman–Crippen MR) is 145 cm³/mol. The summed E-state index contributed by atoms with van der Waals surface area (Å²) in [5.74, 6) is 0. The molecule has 3 aromatic heterocycles. The van der Waals surface area contributed by atoms with Crippen molar-refractivity contribution >= 4 is 30.0 Å². The molecule has 184 valence electrons. The summed E-state index contributed by atoms with van der Waals surface area (Å²) in [5, 5.41) is 1.67. The Morgan fingerprint density at radius 1 is 1.11 bits per heavy atom. The highest BCUT2D eigenvalue weighted by molar-refractivity contribution is 6.76. The summed E-state index contributed by atoms with van der Waals surface area (Å²) in [6, 6.07) is 15.6. The van der Waals surface area contributed by atoms with E-state index in [1.807, 2.05) is 12.3 Å². The van der Waals surface area contributed by atoms with E-state index in [0.29, 0.717) is 12.0 Å². The molecule has 0 saturated carbocycles. The van der Waals surface area contributed by atoms with Gasteiger partial charge in [-0.2, -0.15) is 0 Å². The SMILES string of the molecule is C[Si](C)(C)CCOCc1cc(=O)c2cnc3[nH]ccc3c2n1C1CCCCN1Cc1ccccc1. The van der Waals surface area contributed by atoms with E-state index in [4.69, 9.17) is 4.74 Å². The zero-order valence-corrected chi connectivity index (χ0v) is 22.1. The van der Waals surface area contributed by atoms with Crippen LogP contribution < -0.4 is 5.43 Å². The monoisotopic (exact) mass is 488 g/mol. The molecule has 0 spiro atoms. The average molecular weight is 489 g/mol. The van der Waals surface area contributed by atoms with Gasteiger partial charge in [-0.3, -0.25) is 9.69 Å². The fraction of sp³-hybridized carbons (Fsp3) is 0.429. The first-order valence-electron chi connectivity index (χ1n) is 12.8. The van der Waals surface area contributed by atoms with Crippen LogP contribution in [0, 0.1) is 0 Å². The van der Waals surface area contributed by atoms with E-state index in [2.05, 4.69) is 69.4 Å². The van der Waals surface area contributed by atoms with E-state index >= 15 is 0 Å². The van der Waals surface area contributed by atoms with Crippen LogP contribution in [0.1, 0.15) is 36.7 Å². The molecule has 1 unspecified atom stereocenters. The molecule has 1 saturated heterocycles. The van der Waals surface area contributed by atoms with Gasteiger partial charge in [-0.05, 0) is 36.9 Å². The smallest absolute Gasteiger partial charge is 0.191 e. The van der Waals surface area contributed by atoms with Gasteiger partial charge in [-0.1, -0.05) is 50.0 Å². The Morgan fingerprint density at radius 2 is 1.94 bits per heavy atom. The van der Waals surface area contributed by atoms with Crippen LogP contribution in [0.15, 0.2) is 59.7 Å². The maximum absolute atomic E-state index is 13.2. The zero-order valence-electron chi connectivity index (χ0n) is 21.1. The summed E-state index contributed by atoms with van der Waals surface area (Å²) in [6.45, 7) is 10.2. The van der Waals surface area contributed by atoms with E-state index in [9.17, 15) is 4.79 Å². The Morgan fingerprint density at radius 3 is 2.74 bits per heavy atom. The lowest BCUT2D eigenvalue weighted by Crippen LogP contribution is -2.38. The molecular formula is C28H36N4O2Si. The molecule has 0 amide bonds. The van der Waals surface area contributed by atoms with E-state index < -0.39 is 8.07 Å². The van der Waals surface area contributed by atoms with Crippen molar-refractivity contribution in [3.8, 4) is 0 Å². The molecule has 0 radical (unpaired) electrons. The molecule has 4 heterocycles. The quantitative estimate of drug-likeness (QED) is 0.247. The molecule has 1 atom stereocenters. The van der Waals surface area contributed by atoms with Gasteiger partial charge in [0.25, 0.3) is 0 Å². The second kappa shape index (κ2) is 10.1. The van der Waals surface area contributed by atoms with Crippen molar-refractivity contribution in [2.24, 2.45) is 0 Å². The number of aromatic amines is 1. The standard InChI is InChI=1S/C28H36N4O2Si/c1-35(2,3)16-15-34-20-22-17-25(33)24-18-30-28-23(12-13-29-28)27(24)32(22)26-11-7-8-14-31(26)19-21-9-5-4-6-10-21/h4-6,9-10,12-13,17-18,26H,7-8,11,14-16,19-20H2,1-3H3,(H,29,30). The van der Waals surface area contributed by atoms with Gasteiger partial charge in [0.05, 0.1) is 23.7 Å². The Labute approximate surface area is 207 Å². The lowest BCUT2D eigenvalue weighted by Gasteiger charge is -2.39. The third-order valence-electron chi connectivity index (χ3n) is 7.02. The molecule has 1 N–H and O–H groups in total. The summed E-state index contributed by atoms with van der Waals surface area (Å²) >= 11 is 0. The van der Waals surface area contributed by atoms with Gasteiger partial charge >= 0.3 is 0 Å². The van der Waals surface area contributed by atoms with Crippen molar-refractivity contribution in [2.75, 3.05) is 13.2 Å².